The Labute approximate surface area is 219 Å². The third-order valence-electron chi connectivity index (χ3n) is 5.72. The number of benzene rings is 2. The lowest BCUT2D eigenvalue weighted by atomic mass is 9.85. The quantitative estimate of drug-likeness (QED) is 0.294. The molecule has 0 spiro atoms. The molecule has 2 aliphatic rings. The fourth-order valence-electron chi connectivity index (χ4n) is 3.93. The maximum atomic E-state index is 13.7. The first-order valence-corrected chi connectivity index (χ1v) is 11.3. The molecule has 4 rings (SSSR count). The minimum atomic E-state index is -6.14. The molecular weight excluding hydrogens is 682 g/mol. The fraction of sp³-hybridized carbons (Fsp3) is 0.300. The van der Waals surface area contributed by atoms with Crippen molar-refractivity contribution in [1.82, 2.24) is 9.80 Å². The molecule has 2 aromatic rings. The van der Waals surface area contributed by atoms with E-state index < -0.39 is 113 Å². The van der Waals surface area contributed by atoms with Crippen LogP contribution >= 0.6 is 31.9 Å². The fourth-order valence-corrected chi connectivity index (χ4v) is 5.13. The number of imide groups is 2. The van der Waals surface area contributed by atoms with E-state index in [1.165, 1.54) is 0 Å². The maximum Gasteiger partial charge on any atom is 0.455 e. The van der Waals surface area contributed by atoms with Gasteiger partial charge in [0.2, 0.25) is 0 Å². The molecule has 4 amide bonds. The van der Waals surface area contributed by atoms with Crippen LogP contribution in [0.5, 0.6) is 0 Å². The average molecular weight is 688 g/mol. The molecule has 0 bridgehead atoms. The van der Waals surface area contributed by atoms with Crippen molar-refractivity contribution < 1.29 is 63.1 Å². The van der Waals surface area contributed by atoms with Gasteiger partial charge in [0.25, 0.3) is 23.6 Å². The lowest BCUT2D eigenvalue weighted by molar-refractivity contribution is -0.283. The van der Waals surface area contributed by atoms with Crippen molar-refractivity contribution in [3.05, 3.63) is 43.3 Å². The highest BCUT2D eigenvalue weighted by atomic mass is 79.9. The standard InChI is InChI=1S/C20H6Br2F10N2O4/c21-7-1-5-9-10-6(14(36)34(15(37)11(7)10)4-18(25,26)20(30,31)32)2-8(22)12(9)16(38)33(13(5)35)3-17(23,24)19(27,28)29/h1-2H,3-4H2. The minimum Gasteiger partial charge on any atom is -0.269 e. The molecule has 0 aromatic heterocycles. The van der Waals surface area contributed by atoms with Gasteiger partial charge in [0.1, 0.15) is 13.1 Å². The summed E-state index contributed by atoms with van der Waals surface area (Å²) in [7, 11) is 0. The van der Waals surface area contributed by atoms with Gasteiger partial charge in [-0.25, -0.2) is 0 Å². The van der Waals surface area contributed by atoms with Crippen LogP contribution in [-0.2, 0) is 0 Å². The second-order valence-electron chi connectivity index (χ2n) is 8.11. The molecule has 0 radical (unpaired) electrons. The first-order chi connectivity index (χ1) is 17.1. The van der Waals surface area contributed by atoms with Gasteiger partial charge >= 0.3 is 24.2 Å². The van der Waals surface area contributed by atoms with E-state index in [1.807, 2.05) is 0 Å². The summed E-state index contributed by atoms with van der Waals surface area (Å²) in [5.41, 5.74) is -2.89. The van der Waals surface area contributed by atoms with Gasteiger partial charge in [0, 0.05) is 30.8 Å². The van der Waals surface area contributed by atoms with Crippen LogP contribution in [0.2, 0.25) is 0 Å². The van der Waals surface area contributed by atoms with E-state index in [9.17, 15) is 63.1 Å². The zero-order valence-electron chi connectivity index (χ0n) is 17.6. The highest BCUT2D eigenvalue weighted by Gasteiger charge is 2.61. The van der Waals surface area contributed by atoms with Gasteiger partial charge in [-0.05, 0) is 44.0 Å². The van der Waals surface area contributed by atoms with Crippen LogP contribution < -0.4 is 0 Å². The van der Waals surface area contributed by atoms with Gasteiger partial charge < -0.3 is 0 Å². The number of nitrogens with zero attached hydrogens (tertiary/aromatic N) is 2. The highest BCUT2D eigenvalue weighted by molar-refractivity contribution is 9.10. The van der Waals surface area contributed by atoms with E-state index in [2.05, 4.69) is 31.9 Å². The van der Waals surface area contributed by atoms with E-state index >= 15 is 0 Å². The average Bonchev–Trinajstić information content (AvgIpc) is 2.75. The number of rotatable bonds is 4. The van der Waals surface area contributed by atoms with Crippen LogP contribution in [0.4, 0.5) is 43.9 Å². The summed E-state index contributed by atoms with van der Waals surface area (Å²) in [6, 6.07) is 1.39. The van der Waals surface area contributed by atoms with Gasteiger partial charge in [0.05, 0.1) is 11.1 Å². The molecule has 0 saturated carbocycles. The summed E-state index contributed by atoms with van der Waals surface area (Å²) in [5, 5.41) is -1.14. The van der Waals surface area contributed by atoms with E-state index in [0.29, 0.717) is 12.1 Å². The summed E-state index contributed by atoms with van der Waals surface area (Å²) in [5.74, 6) is -17.8. The molecule has 18 heteroatoms. The van der Waals surface area contributed by atoms with Crippen molar-refractivity contribution in [1.29, 1.82) is 0 Å². The smallest absolute Gasteiger partial charge is 0.269 e. The maximum absolute atomic E-state index is 13.7. The third-order valence-corrected chi connectivity index (χ3v) is 6.97. The number of halogens is 12. The van der Waals surface area contributed by atoms with Gasteiger partial charge in [-0.3, -0.25) is 29.0 Å². The summed E-state index contributed by atoms with van der Waals surface area (Å²) in [6.07, 6.45) is -12.3. The monoisotopic (exact) mass is 686 g/mol. The Hall–Kier alpha value is -2.76. The molecule has 38 heavy (non-hydrogen) atoms. The lowest BCUT2D eigenvalue weighted by Crippen LogP contribution is -2.53. The SMILES string of the molecule is O=C1c2cc(Br)c3c4c(cc(Br)c(c24)C(=O)N1CC(F)(F)C(F)(F)F)C(=O)N(CC(F)(F)C(F)(F)F)C3=O. The zero-order chi connectivity index (χ0) is 28.9. The van der Waals surface area contributed by atoms with E-state index in [-0.39, 0.29) is 0 Å². The van der Waals surface area contributed by atoms with Gasteiger partial charge in [-0.2, -0.15) is 43.9 Å². The normalized spacial score (nSPS) is 16.7. The largest absolute Gasteiger partial charge is 0.455 e. The second-order valence-corrected chi connectivity index (χ2v) is 9.82. The number of alkyl halides is 10. The first-order valence-electron chi connectivity index (χ1n) is 9.72. The number of amides is 4. The predicted octanol–water partition coefficient (Wildman–Crippen LogP) is 5.95. The number of carbonyl (C=O) groups is 4. The predicted molar refractivity (Wildman–Crippen MR) is 112 cm³/mol. The third kappa shape index (κ3) is 3.97. The molecule has 204 valence electrons. The van der Waals surface area contributed by atoms with Gasteiger partial charge in [0.15, 0.2) is 0 Å². The number of carbonyl (C=O) groups excluding carboxylic acids is 4. The van der Waals surface area contributed by atoms with E-state index in [4.69, 9.17) is 0 Å². The Balaban J connectivity index is 1.94. The second kappa shape index (κ2) is 8.37. The Kier molecular flexibility index (Phi) is 6.22. The molecule has 0 atom stereocenters. The Morgan fingerprint density at radius 3 is 1.11 bits per heavy atom. The van der Waals surface area contributed by atoms with Crippen LogP contribution in [0.3, 0.4) is 0 Å². The van der Waals surface area contributed by atoms with Crippen LogP contribution in [0, 0.1) is 0 Å². The number of hydrogen-bond acceptors (Lipinski definition) is 4. The van der Waals surface area contributed by atoms with E-state index in [0.717, 1.165) is 0 Å². The van der Waals surface area contributed by atoms with Crippen molar-refractivity contribution in [3.8, 4) is 0 Å². The molecule has 0 fully saturated rings. The molecular formula is C20H6Br2F10N2O4. The topological polar surface area (TPSA) is 74.8 Å². The molecule has 0 aliphatic carbocycles. The van der Waals surface area contributed by atoms with Crippen molar-refractivity contribution in [2.24, 2.45) is 0 Å². The summed E-state index contributed by atoms with van der Waals surface area (Å²) >= 11 is 5.61. The van der Waals surface area contributed by atoms with Crippen molar-refractivity contribution in [3.63, 3.8) is 0 Å². The first kappa shape index (κ1) is 28.3. The zero-order valence-corrected chi connectivity index (χ0v) is 20.8. The minimum absolute atomic E-state index is 0.396. The van der Waals surface area contributed by atoms with Gasteiger partial charge in [-0.1, -0.05) is 0 Å². The van der Waals surface area contributed by atoms with Crippen LogP contribution in [-0.4, -0.2) is 70.7 Å². The van der Waals surface area contributed by atoms with Gasteiger partial charge in [-0.15, -0.1) is 0 Å². The molecule has 2 heterocycles. The van der Waals surface area contributed by atoms with Crippen LogP contribution in [0.1, 0.15) is 41.4 Å². The van der Waals surface area contributed by atoms with Crippen LogP contribution in [0.15, 0.2) is 21.1 Å². The van der Waals surface area contributed by atoms with Crippen LogP contribution in [0.25, 0.3) is 10.8 Å². The Morgan fingerprint density at radius 1 is 0.553 bits per heavy atom. The Bertz CT molecular complexity index is 1360. The molecule has 6 nitrogen and oxygen atoms in total. The molecule has 2 aliphatic heterocycles. The molecule has 0 unspecified atom stereocenters. The summed E-state index contributed by atoms with van der Waals surface area (Å²) in [6.45, 7) is -4.83. The lowest BCUT2D eigenvalue weighted by Gasteiger charge is -2.35. The Morgan fingerprint density at radius 2 is 0.842 bits per heavy atom. The van der Waals surface area contributed by atoms with Crippen molar-refractivity contribution >= 4 is 66.3 Å². The van der Waals surface area contributed by atoms with Crippen molar-refractivity contribution in [2.75, 3.05) is 13.1 Å². The summed E-state index contributed by atoms with van der Waals surface area (Å²) < 4.78 is 131. The molecule has 2 aromatic carbocycles. The number of hydrogen-bond donors (Lipinski definition) is 0. The molecule has 0 N–H and O–H groups in total. The summed E-state index contributed by atoms with van der Waals surface area (Å²) in [4.78, 5) is 50.9. The highest BCUT2D eigenvalue weighted by Crippen LogP contribution is 2.46. The van der Waals surface area contributed by atoms with Crippen molar-refractivity contribution in [2.45, 2.75) is 24.2 Å². The van der Waals surface area contributed by atoms with E-state index in [1.54, 1.807) is 0 Å². The molecule has 0 saturated heterocycles.